The molecule has 6 heteroatoms. The van der Waals surface area contributed by atoms with Crippen LogP contribution in [-0.4, -0.2) is 27.8 Å². The number of hydrazine groups is 1. The maximum atomic E-state index is 12.8. The molecule has 1 fully saturated rings. The zero-order valence-corrected chi connectivity index (χ0v) is 16.3. The molecule has 3 unspecified atom stereocenters. The van der Waals surface area contributed by atoms with Crippen molar-refractivity contribution in [3.05, 3.63) is 47.8 Å². The van der Waals surface area contributed by atoms with Crippen molar-refractivity contribution in [1.82, 2.24) is 25.9 Å². The van der Waals surface area contributed by atoms with Crippen molar-refractivity contribution >= 4 is 5.91 Å². The fraction of sp³-hybridized carbons (Fsp3) is 0.524. The normalized spacial score (nSPS) is 26.6. The van der Waals surface area contributed by atoms with Crippen LogP contribution in [-0.2, 0) is 11.2 Å². The molecule has 2 heterocycles. The number of rotatable bonds is 4. The molecule has 1 amide bonds. The molecule has 0 saturated carbocycles. The van der Waals surface area contributed by atoms with E-state index in [9.17, 15) is 4.79 Å². The Labute approximate surface area is 160 Å². The lowest BCUT2D eigenvalue weighted by molar-refractivity contribution is -0.123. The number of hydrogen-bond acceptors (Lipinski definition) is 4. The summed E-state index contributed by atoms with van der Waals surface area (Å²) in [7, 11) is 0. The van der Waals surface area contributed by atoms with Crippen LogP contribution in [0.25, 0.3) is 5.69 Å². The molecule has 1 aromatic heterocycles. The van der Waals surface area contributed by atoms with Gasteiger partial charge in [0.1, 0.15) is 6.04 Å². The van der Waals surface area contributed by atoms with E-state index in [4.69, 9.17) is 0 Å². The van der Waals surface area contributed by atoms with Gasteiger partial charge in [0.05, 0.1) is 23.6 Å². The molecular formula is C21H29N5O. The number of nitrogens with zero attached hydrogens (tertiary/aromatic N) is 2. The first kappa shape index (κ1) is 18.2. The monoisotopic (exact) mass is 367 g/mol. The fourth-order valence-corrected chi connectivity index (χ4v) is 4.30. The summed E-state index contributed by atoms with van der Waals surface area (Å²) in [6.07, 6.45) is 5.64. The van der Waals surface area contributed by atoms with E-state index in [-0.39, 0.29) is 23.4 Å². The molecule has 0 radical (unpaired) electrons. The summed E-state index contributed by atoms with van der Waals surface area (Å²) in [4.78, 5) is 12.8. The molecular weight excluding hydrogens is 338 g/mol. The highest BCUT2D eigenvalue weighted by Gasteiger charge is 2.37. The molecule has 3 atom stereocenters. The summed E-state index contributed by atoms with van der Waals surface area (Å²) in [6, 6.07) is 10.4. The SMILES string of the molecule is CCC1CC(C(=O)NC2CC(C)(C)Cc3c2cnn3-c2ccccc2)NN1. The van der Waals surface area contributed by atoms with Crippen LogP contribution in [0, 0.1) is 5.41 Å². The highest BCUT2D eigenvalue weighted by molar-refractivity contribution is 5.82. The molecule has 4 rings (SSSR count). The lowest BCUT2D eigenvalue weighted by Crippen LogP contribution is -2.46. The molecule has 6 nitrogen and oxygen atoms in total. The van der Waals surface area contributed by atoms with Crippen molar-refractivity contribution in [2.45, 2.75) is 64.6 Å². The van der Waals surface area contributed by atoms with E-state index in [2.05, 4.69) is 54.2 Å². The molecule has 3 N–H and O–H groups in total. The largest absolute Gasteiger partial charge is 0.348 e. The van der Waals surface area contributed by atoms with E-state index in [0.717, 1.165) is 36.9 Å². The Hall–Kier alpha value is -2.18. The number of fused-ring (bicyclic) bond motifs is 1. The van der Waals surface area contributed by atoms with E-state index in [1.54, 1.807) is 0 Å². The summed E-state index contributed by atoms with van der Waals surface area (Å²) < 4.78 is 2.03. The predicted molar refractivity (Wildman–Crippen MR) is 105 cm³/mol. The molecule has 0 spiro atoms. The maximum Gasteiger partial charge on any atom is 0.239 e. The third-order valence-corrected chi connectivity index (χ3v) is 5.79. The van der Waals surface area contributed by atoms with Gasteiger partial charge >= 0.3 is 0 Å². The standard InChI is InChI=1S/C21H29N5O/c1-4-14-10-17(25-24-14)20(27)23-18-11-21(2,3)12-19-16(18)13-22-26(19)15-8-6-5-7-9-15/h5-9,13-14,17-18,24-25H,4,10-12H2,1-3H3,(H,23,27). The highest BCUT2D eigenvalue weighted by Crippen LogP contribution is 2.41. The van der Waals surface area contributed by atoms with E-state index in [1.165, 1.54) is 5.69 Å². The molecule has 144 valence electrons. The Morgan fingerprint density at radius 3 is 2.78 bits per heavy atom. The van der Waals surface area contributed by atoms with Gasteiger partial charge in [-0.15, -0.1) is 0 Å². The quantitative estimate of drug-likeness (QED) is 0.777. The predicted octanol–water partition coefficient (Wildman–Crippen LogP) is 2.65. The molecule has 1 aromatic carbocycles. The molecule has 1 aliphatic carbocycles. The number of carbonyl (C=O) groups excluding carboxylic acids is 1. The molecule has 2 aromatic rings. The molecule has 27 heavy (non-hydrogen) atoms. The van der Waals surface area contributed by atoms with Crippen molar-refractivity contribution < 1.29 is 4.79 Å². The second kappa shape index (κ2) is 7.09. The van der Waals surface area contributed by atoms with Crippen LogP contribution in [0.2, 0.25) is 0 Å². The van der Waals surface area contributed by atoms with Crippen molar-refractivity contribution in [3.63, 3.8) is 0 Å². The summed E-state index contributed by atoms with van der Waals surface area (Å²) in [5, 5.41) is 7.94. The summed E-state index contributed by atoms with van der Waals surface area (Å²) in [6.45, 7) is 6.66. The third kappa shape index (κ3) is 3.64. The van der Waals surface area contributed by atoms with Crippen molar-refractivity contribution in [1.29, 1.82) is 0 Å². The van der Waals surface area contributed by atoms with Gasteiger partial charge in [0.25, 0.3) is 0 Å². The van der Waals surface area contributed by atoms with E-state index < -0.39 is 0 Å². The van der Waals surface area contributed by atoms with Gasteiger partial charge in [-0.1, -0.05) is 39.0 Å². The van der Waals surface area contributed by atoms with Gasteiger partial charge in [0.15, 0.2) is 0 Å². The number of hydrogen-bond donors (Lipinski definition) is 3. The van der Waals surface area contributed by atoms with Crippen LogP contribution in [0.5, 0.6) is 0 Å². The average Bonchev–Trinajstić information content (AvgIpc) is 3.28. The summed E-state index contributed by atoms with van der Waals surface area (Å²) in [5.41, 5.74) is 9.86. The lowest BCUT2D eigenvalue weighted by Gasteiger charge is -2.36. The van der Waals surface area contributed by atoms with Gasteiger partial charge in [0, 0.05) is 11.6 Å². The van der Waals surface area contributed by atoms with E-state index in [1.807, 2.05) is 29.1 Å². The minimum atomic E-state index is -0.174. The number of nitrogens with one attached hydrogen (secondary N) is 3. The minimum absolute atomic E-state index is 0.00353. The van der Waals surface area contributed by atoms with Crippen LogP contribution in [0.4, 0.5) is 0 Å². The van der Waals surface area contributed by atoms with Gasteiger partial charge in [-0.2, -0.15) is 5.10 Å². The minimum Gasteiger partial charge on any atom is -0.348 e. The Balaban J connectivity index is 1.58. The zero-order chi connectivity index (χ0) is 19.0. The fourth-order valence-electron chi connectivity index (χ4n) is 4.30. The van der Waals surface area contributed by atoms with Gasteiger partial charge < -0.3 is 5.32 Å². The van der Waals surface area contributed by atoms with Gasteiger partial charge in [-0.25, -0.2) is 10.1 Å². The van der Waals surface area contributed by atoms with E-state index >= 15 is 0 Å². The van der Waals surface area contributed by atoms with Crippen molar-refractivity contribution in [2.75, 3.05) is 0 Å². The Kier molecular flexibility index (Phi) is 4.78. The van der Waals surface area contributed by atoms with Crippen LogP contribution < -0.4 is 16.2 Å². The second-order valence-electron chi connectivity index (χ2n) is 8.58. The van der Waals surface area contributed by atoms with Crippen molar-refractivity contribution in [3.8, 4) is 5.69 Å². The molecule has 2 aliphatic rings. The number of para-hydroxylation sites is 1. The van der Waals surface area contributed by atoms with Crippen molar-refractivity contribution in [2.24, 2.45) is 5.41 Å². The van der Waals surface area contributed by atoms with Gasteiger partial charge in [0.2, 0.25) is 5.91 Å². The Morgan fingerprint density at radius 1 is 1.30 bits per heavy atom. The third-order valence-electron chi connectivity index (χ3n) is 5.79. The van der Waals surface area contributed by atoms with E-state index in [0.29, 0.717) is 6.04 Å². The second-order valence-corrected chi connectivity index (χ2v) is 8.58. The zero-order valence-electron chi connectivity index (χ0n) is 16.3. The first-order chi connectivity index (χ1) is 13.0. The Morgan fingerprint density at radius 2 is 2.07 bits per heavy atom. The molecule has 0 bridgehead atoms. The Bertz CT molecular complexity index is 813. The maximum absolute atomic E-state index is 12.8. The van der Waals surface area contributed by atoms with Gasteiger partial charge in [-0.3, -0.25) is 10.2 Å². The number of amides is 1. The van der Waals surface area contributed by atoms with Gasteiger partial charge in [-0.05, 0) is 43.2 Å². The highest BCUT2D eigenvalue weighted by atomic mass is 16.2. The lowest BCUT2D eigenvalue weighted by atomic mass is 9.74. The summed E-state index contributed by atoms with van der Waals surface area (Å²) in [5.74, 6) is 0.0690. The molecule has 1 aliphatic heterocycles. The van der Waals surface area contributed by atoms with Crippen LogP contribution in [0.3, 0.4) is 0 Å². The summed E-state index contributed by atoms with van der Waals surface area (Å²) >= 11 is 0. The smallest absolute Gasteiger partial charge is 0.239 e. The van der Waals surface area contributed by atoms with Crippen LogP contribution in [0.15, 0.2) is 36.5 Å². The first-order valence-electron chi connectivity index (χ1n) is 9.90. The number of aromatic nitrogens is 2. The molecule has 1 saturated heterocycles. The number of benzene rings is 1. The van der Waals surface area contributed by atoms with Crippen LogP contribution >= 0.6 is 0 Å². The topological polar surface area (TPSA) is 71.0 Å². The first-order valence-corrected chi connectivity index (χ1v) is 9.90. The van der Waals surface area contributed by atoms with Crippen LogP contribution in [0.1, 0.15) is 57.3 Å². The number of carbonyl (C=O) groups is 1. The average molecular weight is 367 g/mol.